The summed E-state index contributed by atoms with van der Waals surface area (Å²) in [5.74, 6) is 0.847. The first kappa shape index (κ1) is 42.4. The van der Waals surface area contributed by atoms with Crippen LogP contribution >= 0.6 is 0 Å². The largest absolute Gasteiger partial charge is 0.499 e. The van der Waals surface area contributed by atoms with Crippen molar-refractivity contribution in [1.29, 1.82) is 0 Å². The molecule has 0 aliphatic carbocycles. The van der Waals surface area contributed by atoms with Crippen LogP contribution in [0.15, 0.2) is 47.4 Å². The van der Waals surface area contributed by atoms with Gasteiger partial charge in [-0.15, -0.1) is 0 Å². The van der Waals surface area contributed by atoms with Crippen molar-refractivity contribution in [1.82, 2.24) is 0 Å². The number of benzene rings is 2. The smallest absolute Gasteiger partial charge is 0.385 e. The summed E-state index contributed by atoms with van der Waals surface area (Å²) in [5.41, 5.74) is -11.1. The van der Waals surface area contributed by atoms with Crippen LogP contribution in [0.3, 0.4) is 0 Å². The molecule has 2 aromatic carbocycles. The number of hydrogen-bond donors (Lipinski definition) is 3. The molecule has 0 spiro atoms. The van der Waals surface area contributed by atoms with E-state index in [9.17, 15) is 51.6 Å². The fourth-order valence-corrected chi connectivity index (χ4v) is 12.2. The van der Waals surface area contributed by atoms with Crippen molar-refractivity contribution in [2.75, 3.05) is 29.0 Å². The van der Waals surface area contributed by atoms with E-state index in [0.717, 1.165) is 74.9 Å². The second kappa shape index (κ2) is 17.5. The average molecular weight is 766 g/mol. The van der Waals surface area contributed by atoms with Gasteiger partial charge in [0.1, 0.15) is 0 Å². The van der Waals surface area contributed by atoms with Crippen LogP contribution in [-0.2, 0) is 29.5 Å². The maximum absolute atomic E-state index is 13.3. The normalized spacial score (nSPS) is 14.4. The van der Waals surface area contributed by atoms with Crippen LogP contribution in [0.1, 0.15) is 79.1 Å². The summed E-state index contributed by atoms with van der Waals surface area (Å²) in [7, 11) is -21.1. The van der Waals surface area contributed by atoms with E-state index < -0.39 is 49.3 Å². The Balaban J connectivity index is 2.48. The molecule has 2 rings (SSSR count). The molecule has 49 heavy (non-hydrogen) atoms. The van der Waals surface area contributed by atoms with E-state index in [4.69, 9.17) is 0 Å². The topological polar surface area (TPSA) is 139 Å². The van der Waals surface area contributed by atoms with Crippen LogP contribution in [0.4, 0.5) is 49.1 Å². The van der Waals surface area contributed by atoms with E-state index in [0.29, 0.717) is 42.7 Å². The van der Waals surface area contributed by atoms with Gasteiger partial charge in [0.15, 0.2) is 0 Å². The zero-order valence-electron chi connectivity index (χ0n) is 27.8. The summed E-state index contributed by atoms with van der Waals surface area (Å²) in [6.07, 6.45) is 8.33. The molecule has 0 aliphatic rings. The van der Waals surface area contributed by atoms with Crippen LogP contribution in [0.2, 0.25) is 0 Å². The van der Waals surface area contributed by atoms with Gasteiger partial charge in [-0.25, -0.2) is 25.3 Å². The van der Waals surface area contributed by atoms with Crippen molar-refractivity contribution < 1.29 is 51.6 Å². The first-order chi connectivity index (χ1) is 22.6. The van der Waals surface area contributed by atoms with Crippen LogP contribution in [0, 0.1) is 11.8 Å². The minimum atomic E-state index is -7.42. The van der Waals surface area contributed by atoms with E-state index >= 15 is 0 Å². The molecule has 0 heterocycles. The fraction of sp³-hybridized carbons (Fsp3) is 0.613. The zero-order chi connectivity index (χ0) is 37.3. The van der Waals surface area contributed by atoms with Gasteiger partial charge in [-0.2, -0.15) is 26.3 Å². The second-order valence-electron chi connectivity index (χ2n) is 11.9. The monoisotopic (exact) mass is 765 g/mol. The summed E-state index contributed by atoms with van der Waals surface area (Å²) >= 11 is 0. The highest BCUT2D eigenvalue weighted by atomic mass is 32.3. The van der Waals surface area contributed by atoms with Gasteiger partial charge in [-0.1, -0.05) is 66.2 Å². The fourth-order valence-electron chi connectivity index (χ4n) is 5.04. The van der Waals surface area contributed by atoms with Crippen molar-refractivity contribution in [3.63, 3.8) is 0 Å². The van der Waals surface area contributed by atoms with Gasteiger partial charge in [-0.05, 0) is 67.1 Å². The lowest BCUT2D eigenvalue weighted by molar-refractivity contribution is -0.0462. The lowest BCUT2D eigenvalue weighted by atomic mass is 9.99. The quantitative estimate of drug-likeness (QED) is 0.113. The van der Waals surface area contributed by atoms with E-state index in [1.54, 1.807) is 12.1 Å². The van der Waals surface area contributed by atoms with Crippen molar-refractivity contribution >= 4 is 52.3 Å². The molecule has 2 unspecified atom stereocenters. The third-order valence-electron chi connectivity index (χ3n) is 8.09. The van der Waals surface area contributed by atoms with Crippen molar-refractivity contribution in [2.24, 2.45) is 11.8 Å². The first-order valence-corrected chi connectivity index (χ1v) is 20.6. The van der Waals surface area contributed by atoms with Gasteiger partial charge in [0.25, 0.3) is 23.6 Å². The molecule has 0 fully saturated rings. The molecular weight excluding hydrogens is 721 g/mol. The number of nitrogens with one attached hydrogen (secondary N) is 3. The summed E-state index contributed by atoms with van der Waals surface area (Å²) < 4.78 is 148. The molecule has 2 atom stereocenters. The number of anilines is 4. The van der Waals surface area contributed by atoms with Crippen molar-refractivity contribution in [3.05, 3.63) is 42.5 Å². The Morgan fingerprint density at radius 1 is 0.592 bits per heavy atom. The van der Waals surface area contributed by atoms with Crippen LogP contribution in [-0.4, -0.2) is 53.3 Å². The minimum Gasteiger partial charge on any atom is -0.385 e. The Labute approximate surface area is 285 Å². The van der Waals surface area contributed by atoms with Crippen LogP contribution in [0.25, 0.3) is 0 Å². The first-order valence-electron chi connectivity index (χ1n) is 16.0. The predicted octanol–water partition coefficient (Wildman–Crippen LogP) is 8.61. The Morgan fingerprint density at radius 3 is 1.33 bits per heavy atom. The molecule has 0 amide bonds. The maximum atomic E-state index is 13.3. The summed E-state index contributed by atoms with van der Waals surface area (Å²) in [6, 6.07) is 8.45. The molecule has 0 bridgehead atoms. The molecule has 0 radical (unpaired) electrons. The highest BCUT2D eigenvalue weighted by molar-refractivity contribution is 8.24. The van der Waals surface area contributed by atoms with Gasteiger partial charge < -0.3 is 16.0 Å². The SMILES string of the molecule is CCCCC(CC)CNc1cc(NCC(CC)CCCC)cc(Nc2ccc(S(=O)(=O)C(S(=O)(=O)C(F)(F)F)S(=O)(=O)C(F)(F)F)cc2)c1. The molecule has 2 aromatic rings. The highest BCUT2D eigenvalue weighted by Crippen LogP contribution is 2.41. The zero-order valence-corrected chi connectivity index (χ0v) is 30.2. The molecule has 0 saturated heterocycles. The molecule has 0 saturated carbocycles. The molecule has 9 nitrogen and oxygen atoms in total. The van der Waals surface area contributed by atoms with E-state index in [1.807, 2.05) is 6.07 Å². The van der Waals surface area contributed by atoms with Crippen molar-refractivity contribution in [3.8, 4) is 0 Å². The number of alkyl halides is 6. The van der Waals surface area contributed by atoms with Crippen LogP contribution in [0.5, 0.6) is 0 Å². The standard InChI is InChI=1S/C31H45F6N3O6S3/c1-5-9-11-22(7-3)20-38-25-17-26(39-21-23(8-4)12-10-6-2)19-27(18-25)40-24-13-15-28(16-14-24)47(41,42)29(48(43,44)30(32,33)34)49(45,46)31(35,36)37/h13-19,22-23,29,38-40H,5-12,20-21H2,1-4H3. The lowest BCUT2D eigenvalue weighted by Crippen LogP contribution is -2.49. The van der Waals surface area contributed by atoms with Gasteiger partial charge >= 0.3 is 11.0 Å². The van der Waals surface area contributed by atoms with Gasteiger partial charge in [-0.3, -0.25) is 0 Å². The minimum absolute atomic E-state index is 0.125. The second-order valence-corrected chi connectivity index (χ2v) is 18.8. The Kier molecular flexibility index (Phi) is 15.1. The summed E-state index contributed by atoms with van der Waals surface area (Å²) in [5, 5.41) is 9.89. The summed E-state index contributed by atoms with van der Waals surface area (Å²) in [4.78, 5) is -1.38. The molecule has 280 valence electrons. The molecule has 18 heteroatoms. The van der Waals surface area contributed by atoms with Gasteiger partial charge in [0.2, 0.25) is 9.84 Å². The number of halogens is 6. The molecular formula is C31H45F6N3O6S3. The van der Waals surface area contributed by atoms with Gasteiger partial charge in [0.05, 0.1) is 4.90 Å². The third-order valence-corrected chi connectivity index (χ3v) is 16.4. The highest BCUT2D eigenvalue weighted by Gasteiger charge is 2.68. The molecule has 3 N–H and O–H groups in total. The van der Waals surface area contributed by atoms with E-state index in [1.165, 1.54) is 0 Å². The number of hydrogen-bond acceptors (Lipinski definition) is 9. The number of unbranched alkanes of at least 4 members (excludes halogenated alkanes) is 2. The lowest BCUT2D eigenvalue weighted by Gasteiger charge is -2.21. The molecule has 0 aromatic heterocycles. The Bertz CT molecular complexity index is 1600. The van der Waals surface area contributed by atoms with Gasteiger partial charge in [0, 0.05) is 35.8 Å². The molecule has 0 aliphatic heterocycles. The predicted molar refractivity (Wildman–Crippen MR) is 181 cm³/mol. The average Bonchev–Trinajstić information content (AvgIpc) is 3.00. The Hall–Kier alpha value is -2.73. The van der Waals surface area contributed by atoms with E-state index in [2.05, 4.69) is 43.6 Å². The number of rotatable bonds is 20. The Morgan fingerprint density at radius 2 is 0.980 bits per heavy atom. The van der Waals surface area contributed by atoms with E-state index in [-0.39, 0.29) is 5.69 Å². The summed E-state index contributed by atoms with van der Waals surface area (Å²) in [6.45, 7) is 9.85. The van der Waals surface area contributed by atoms with Crippen molar-refractivity contribution in [2.45, 2.75) is 98.9 Å². The van der Waals surface area contributed by atoms with Crippen LogP contribution < -0.4 is 16.0 Å². The number of sulfone groups is 3. The third kappa shape index (κ3) is 11.1. The maximum Gasteiger partial charge on any atom is 0.499 e.